The van der Waals surface area contributed by atoms with E-state index in [1.54, 1.807) is 12.1 Å². The summed E-state index contributed by atoms with van der Waals surface area (Å²) in [6.45, 7) is 0.275. The molecule has 0 aliphatic carbocycles. The molecule has 18 heavy (non-hydrogen) atoms. The third-order valence-electron chi connectivity index (χ3n) is 2.08. The highest BCUT2D eigenvalue weighted by molar-refractivity contribution is 9.10. The van der Waals surface area contributed by atoms with Crippen molar-refractivity contribution < 1.29 is 18.0 Å². The van der Waals surface area contributed by atoms with Gasteiger partial charge >= 0.3 is 6.18 Å². The number of halogens is 4. The second kappa shape index (κ2) is 6.19. The van der Waals surface area contributed by atoms with Crippen LogP contribution in [0.2, 0.25) is 0 Å². The fraction of sp³-hybridized carbons (Fsp3) is 0.364. The Kier molecular flexibility index (Phi) is 5.15. The van der Waals surface area contributed by atoms with Gasteiger partial charge in [0.05, 0.1) is 18.8 Å². The van der Waals surface area contributed by atoms with Crippen molar-refractivity contribution in [2.75, 3.05) is 18.4 Å². The Morgan fingerprint density at radius 2 is 2.06 bits per heavy atom. The molecule has 0 heterocycles. The molecule has 0 saturated carbocycles. The molecule has 0 radical (unpaired) electrons. The van der Waals surface area contributed by atoms with Crippen molar-refractivity contribution in [3.8, 4) is 0 Å². The van der Waals surface area contributed by atoms with Gasteiger partial charge in [0.1, 0.15) is 0 Å². The predicted molar refractivity (Wildman–Crippen MR) is 66.4 cm³/mol. The van der Waals surface area contributed by atoms with Crippen molar-refractivity contribution in [3.05, 3.63) is 28.2 Å². The van der Waals surface area contributed by atoms with E-state index >= 15 is 0 Å². The summed E-state index contributed by atoms with van der Waals surface area (Å²) >= 11 is 3.29. The lowest BCUT2D eigenvalue weighted by Crippen LogP contribution is -2.35. The Labute approximate surface area is 111 Å². The zero-order valence-corrected chi connectivity index (χ0v) is 11.2. The Morgan fingerprint density at radius 3 is 2.67 bits per heavy atom. The van der Waals surface area contributed by atoms with Crippen LogP contribution in [0.3, 0.4) is 0 Å². The van der Waals surface area contributed by atoms with Crippen molar-refractivity contribution in [3.63, 3.8) is 0 Å². The van der Waals surface area contributed by atoms with Gasteiger partial charge in [-0.05, 0) is 34.5 Å². The molecule has 0 unspecified atom stereocenters. The van der Waals surface area contributed by atoms with Gasteiger partial charge in [0.25, 0.3) is 0 Å². The molecule has 0 fully saturated rings. The molecular weight excluding hydrogens is 313 g/mol. The Bertz CT molecular complexity index is 435. The van der Waals surface area contributed by atoms with Gasteiger partial charge in [-0.3, -0.25) is 4.79 Å². The molecule has 1 rings (SSSR count). The minimum absolute atomic E-state index is 0.389. The lowest BCUT2D eigenvalue weighted by molar-refractivity contribution is -0.126. The van der Waals surface area contributed by atoms with E-state index in [-0.39, 0.29) is 6.54 Å². The van der Waals surface area contributed by atoms with Gasteiger partial charge < -0.3 is 10.6 Å². The number of hydrogen-bond donors (Lipinski definition) is 2. The molecule has 0 atom stereocenters. The molecule has 1 amide bonds. The maximum absolute atomic E-state index is 11.8. The van der Waals surface area contributed by atoms with Crippen molar-refractivity contribution >= 4 is 27.5 Å². The fourth-order valence-electron chi connectivity index (χ4n) is 1.26. The van der Waals surface area contributed by atoms with E-state index in [2.05, 4.69) is 21.2 Å². The Morgan fingerprint density at radius 1 is 1.39 bits per heavy atom. The van der Waals surface area contributed by atoms with Crippen LogP contribution in [0.5, 0.6) is 0 Å². The highest BCUT2D eigenvalue weighted by Gasteiger charge is 2.26. The van der Waals surface area contributed by atoms with E-state index < -0.39 is 18.6 Å². The highest BCUT2D eigenvalue weighted by atomic mass is 79.9. The number of carbonyl (C=O) groups excluding carboxylic acids is 1. The van der Waals surface area contributed by atoms with Gasteiger partial charge in [-0.25, -0.2) is 0 Å². The number of alkyl halides is 3. The van der Waals surface area contributed by atoms with E-state index in [9.17, 15) is 18.0 Å². The smallest absolute Gasteiger partial charge is 0.324 e. The zero-order valence-electron chi connectivity index (χ0n) is 9.57. The Hall–Kier alpha value is -1.08. The van der Waals surface area contributed by atoms with Crippen LogP contribution < -0.4 is 10.6 Å². The molecule has 7 heteroatoms. The average Bonchev–Trinajstić information content (AvgIpc) is 2.23. The van der Waals surface area contributed by atoms with Crippen LogP contribution >= 0.6 is 15.9 Å². The van der Waals surface area contributed by atoms with Crippen molar-refractivity contribution in [2.45, 2.75) is 13.1 Å². The summed E-state index contributed by atoms with van der Waals surface area (Å²) in [5.41, 5.74) is 1.46. The zero-order chi connectivity index (χ0) is 13.8. The number of benzene rings is 1. The van der Waals surface area contributed by atoms with Gasteiger partial charge in [0.15, 0.2) is 0 Å². The first-order valence-electron chi connectivity index (χ1n) is 5.12. The SMILES string of the molecule is Cc1cccc(NC(=O)CNCC(F)(F)F)c1Br. The first kappa shape index (κ1) is 15.0. The second-order valence-corrected chi connectivity index (χ2v) is 4.50. The molecular formula is C11H12BrF3N2O. The molecule has 0 aromatic heterocycles. The number of nitrogens with one attached hydrogen (secondary N) is 2. The number of anilines is 1. The summed E-state index contributed by atoms with van der Waals surface area (Å²) in [6.07, 6.45) is -4.32. The third kappa shape index (κ3) is 5.05. The van der Waals surface area contributed by atoms with E-state index in [1.807, 2.05) is 18.3 Å². The number of hydrogen-bond acceptors (Lipinski definition) is 2. The van der Waals surface area contributed by atoms with Gasteiger partial charge in [-0.15, -0.1) is 0 Å². The first-order valence-corrected chi connectivity index (χ1v) is 5.91. The molecule has 2 N–H and O–H groups in total. The monoisotopic (exact) mass is 324 g/mol. The maximum Gasteiger partial charge on any atom is 0.401 e. The summed E-state index contributed by atoms with van der Waals surface area (Å²) < 4.78 is 36.3. The van der Waals surface area contributed by atoms with Gasteiger partial charge in [0.2, 0.25) is 5.91 Å². The van der Waals surface area contributed by atoms with Gasteiger partial charge in [0, 0.05) is 4.47 Å². The van der Waals surface area contributed by atoms with Crippen molar-refractivity contribution in [1.82, 2.24) is 5.32 Å². The summed E-state index contributed by atoms with van der Waals surface area (Å²) in [7, 11) is 0. The van der Waals surface area contributed by atoms with Crippen molar-refractivity contribution in [1.29, 1.82) is 0 Å². The quantitative estimate of drug-likeness (QED) is 0.894. The van der Waals surface area contributed by atoms with E-state index in [0.717, 1.165) is 5.56 Å². The van der Waals surface area contributed by atoms with Crippen LogP contribution in [0.25, 0.3) is 0 Å². The lowest BCUT2D eigenvalue weighted by Gasteiger charge is -2.10. The standard InChI is InChI=1S/C11H12BrF3N2O/c1-7-3-2-4-8(10(7)12)17-9(18)5-16-6-11(13,14)15/h2-4,16H,5-6H2,1H3,(H,17,18). The average molecular weight is 325 g/mol. The highest BCUT2D eigenvalue weighted by Crippen LogP contribution is 2.25. The van der Waals surface area contributed by atoms with Crippen LogP contribution in [0.4, 0.5) is 18.9 Å². The van der Waals surface area contributed by atoms with Crippen LogP contribution in [-0.2, 0) is 4.79 Å². The first-order chi connectivity index (χ1) is 8.29. The molecule has 0 bridgehead atoms. The molecule has 0 saturated heterocycles. The number of rotatable bonds is 4. The van der Waals surface area contributed by atoms with E-state index in [4.69, 9.17) is 0 Å². The number of carbonyl (C=O) groups is 1. The van der Waals surface area contributed by atoms with Gasteiger partial charge in [-0.2, -0.15) is 13.2 Å². The minimum atomic E-state index is -4.32. The Balaban J connectivity index is 2.48. The topological polar surface area (TPSA) is 41.1 Å². The number of aryl methyl sites for hydroxylation is 1. The summed E-state index contributed by atoms with van der Waals surface area (Å²) in [6, 6.07) is 5.26. The molecule has 1 aromatic rings. The van der Waals surface area contributed by atoms with Crippen LogP contribution in [0.15, 0.2) is 22.7 Å². The largest absolute Gasteiger partial charge is 0.401 e. The normalized spacial score (nSPS) is 11.4. The molecule has 3 nitrogen and oxygen atoms in total. The molecule has 0 aliphatic heterocycles. The van der Waals surface area contributed by atoms with Crippen LogP contribution in [-0.4, -0.2) is 25.2 Å². The fourth-order valence-corrected chi connectivity index (χ4v) is 1.62. The predicted octanol–water partition coefficient (Wildman–Crippen LogP) is 2.85. The van der Waals surface area contributed by atoms with Gasteiger partial charge in [-0.1, -0.05) is 12.1 Å². The molecule has 0 aliphatic rings. The molecule has 100 valence electrons. The van der Waals surface area contributed by atoms with E-state index in [1.165, 1.54) is 0 Å². The summed E-state index contributed by atoms with van der Waals surface area (Å²) in [4.78, 5) is 11.4. The number of amides is 1. The van der Waals surface area contributed by atoms with Crippen molar-refractivity contribution in [2.24, 2.45) is 0 Å². The molecule has 1 aromatic carbocycles. The second-order valence-electron chi connectivity index (χ2n) is 3.70. The lowest BCUT2D eigenvalue weighted by atomic mass is 10.2. The maximum atomic E-state index is 11.8. The summed E-state index contributed by atoms with van der Waals surface area (Å²) in [5.74, 6) is -0.523. The minimum Gasteiger partial charge on any atom is -0.324 e. The molecule has 0 spiro atoms. The van der Waals surface area contributed by atoms with E-state index in [0.29, 0.717) is 10.2 Å². The van der Waals surface area contributed by atoms with Crippen LogP contribution in [0.1, 0.15) is 5.56 Å². The third-order valence-corrected chi connectivity index (χ3v) is 3.13. The van der Waals surface area contributed by atoms with Crippen LogP contribution in [0, 0.1) is 6.92 Å². The summed E-state index contributed by atoms with van der Waals surface area (Å²) in [5, 5.41) is 4.55.